The highest BCUT2D eigenvalue weighted by atomic mass is 16.2. The molecule has 1 amide bonds. The normalized spacial score (nSPS) is 23.3. The largest absolute Gasteiger partial charge is 0.345 e. The minimum absolute atomic E-state index is 0.162. The molecule has 86 valence electrons. The molecule has 0 spiro atoms. The van der Waals surface area contributed by atoms with Crippen LogP contribution in [0.25, 0.3) is 0 Å². The molecule has 2 rings (SSSR count). The van der Waals surface area contributed by atoms with Gasteiger partial charge in [-0.05, 0) is 43.6 Å². The van der Waals surface area contributed by atoms with Crippen LogP contribution in [0, 0.1) is 11.3 Å². The second-order valence-electron chi connectivity index (χ2n) is 5.45. The first-order chi connectivity index (χ1) is 7.15. The summed E-state index contributed by atoms with van der Waals surface area (Å²) in [5, 5.41) is 0. The number of rotatable bonds is 5. The fraction of sp³-hybridized carbons (Fsp3) is 0.917. The maximum Gasteiger partial charge on any atom is 0.222 e. The fourth-order valence-corrected chi connectivity index (χ4v) is 2.38. The lowest BCUT2D eigenvalue weighted by Crippen LogP contribution is -2.42. The SMILES string of the molecule is CN(CC1CC1)C(=O)CC1(CN)CCC1. The Kier molecular flexibility index (Phi) is 3.01. The smallest absolute Gasteiger partial charge is 0.222 e. The maximum absolute atomic E-state index is 11.9. The van der Waals surface area contributed by atoms with Crippen molar-refractivity contribution in [3.05, 3.63) is 0 Å². The Hall–Kier alpha value is -0.570. The first kappa shape index (κ1) is 10.9. The highest BCUT2D eigenvalue weighted by molar-refractivity contribution is 5.76. The van der Waals surface area contributed by atoms with Crippen LogP contribution < -0.4 is 5.73 Å². The van der Waals surface area contributed by atoms with E-state index in [0.29, 0.717) is 18.9 Å². The minimum Gasteiger partial charge on any atom is -0.345 e. The quantitative estimate of drug-likeness (QED) is 0.745. The van der Waals surface area contributed by atoms with E-state index in [2.05, 4.69) is 0 Å². The highest BCUT2D eigenvalue weighted by Crippen LogP contribution is 2.43. The standard InChI is InChI=1S/C12H22N2O/c1-14(8-10-3-4-10)11(15)7-12(9-13)5-2-6-12/h10H,2-9,13H2,1H3. The van der Waals surface area contributed by atoms with Gasteiger partial charge in [0.05, 0.1) is 0 Å². The highest BCUT2D eigenvalue weighted by Gasteiger charge is 2.38. The third-order valence-electron chi connectivity index (χ3n) is 4.03. The van der Waals surface area contributed by atoms with Crippen molar-refractivity contribution in [1.29, 1.82) is 0 Å². The van der Waals surface area contributed by atoms with Crippen molar-refractivity contribution in [2.45, 2.75) is 38.5 Å². The Morgan fingerprint density at radius 3 is 2.53 bits per heavy atom. The summed E-state index contributed by atoms with van der Waals surface area (Å²) in [4.78, 5) is 13.9. The summed E-state index contributed by atoms with van der Waals surface area (Å²) in [6.45, 7) is 1.63. The van der Waals surface area contributed by atoms with Crippen molar-refractivity contribution in [3.8, 4) is 0 Å². The van der Waals surface area contributed by atoms with Gasteiger partial charge in [-0.25, -0.2) is 0 Å². The van der Waals surface area contributed by atoms with Crippen LogP contribution in [0.15, 0.2) is 0 Å². The van der Waals surface area contributed by atoms with Crippen LogP contribution in [0.5, 0.6) is 0 Å². The van der Waals surface area contributed by atoms with Crippen molar-refractivity contribution in [1.82, 2.24) is 4.90 Å². The molecular weight excluding hydrogens is 188 g/mol. The van der Waals surface area contributed by atoms with Gasteiger partial charge in [-0.1, -0.05) is 6.42 Å². The molecule has 0 saturated heterocycles. The molecule has 3 heteroatoms. The van der Waals surface area contributed by atoms with Gasteiger partial charge < -0.3 is 10.6 Å². The lowest BCUT2D eigenvalue weighted by atomic mass is 9.66. The Balaban J connectivity index is 1.79. The molecule has 0 unspecified atom stereocenters. The van der Waals surface area contributed by atoms with Crippen LogP contribution in [-0.2, 0) is 4.79 Å². The van der Waals surface area contributed by atoms with Crippen LogP contribution in [0.1, 0.15) is 38.5 Å². The number of amides is 1. The second-order valence-corrected chi connectivity index (χ2v) is 5.45. The zero-order valence-electron chi connectivity index (χ0n) is 9.67. The molecule has 0 aromatic heterocycles. The van der Waals surface area contributed by atoms with Crippen molar-refractivity contribution in [2.75, 3.05) is 20.1 Å². The molecule has 0 radical (unpaired) electrons. The maximum atomic E-state index is 11.9. The summed E-state index contributed by atoms with van der Waals surface area (Å²) < 4.78 is 0. The predicted molar refractivity (Wildman–Crippen MR) is 60.3 cm³/mol. The number of carbonyl (C=O) groups excluding carboxylic acids is 1. The predicted octanol–water partition coefficient (Wildman–Crippen LogP) is 1.37. The number of nitrogens with zero attached hydrogens (tertiary/aromatic N) is 1. The number of hydrogen-bond donors (Lipinski definition) is 1. The molecule has 2 saturated carbocycles. The molecule has 0 aromatic carbocycles. The molecule has 0 atom stereocenters. The molecule has 2 N–H and O–H groups in total. The first-order valence-corrected chi connectivity index (χ1v) is 6.09. The first-order valence-electron chi connectivity index (χ1n) is 6.09. The minimum atomic E-state index is 0.162. The van der Waals surface area contributed by atoms with Gasteiger partial charge in [0.25, 0.3) is 0 Å². The average molecular weight is 210 g/mol. The number of carbonyl (C=O) groups is 1. The Bertz CT molecular complexity index is 238. The Morgan fingerprint density at radius 2 is 2.13 bits per heavy atom. The van der Waals surface area contributed by atoms with Crippen LogP contribution in [0.4, 0.5) is 0 Å². The summed E-state index contributed by atoms with van der Waals surface area (Å²) in [6.07, 6.45) is 6.82. The van der Waals surface area contributed by atoms with Gasteiger partial charge in [0, 0.05) is 20.0 Å². The molecule has 0 aliphatic heterocycles. The summed E-state index contributed by atoms with van der Waals surface area (Å²) >= 11 is 0. The van der Waals surface area contributed by atoms with Crippen molar-refractivity contribution < 1.29 is 4.79 Å². The Labute approximate surface area is 92.0 Å². The molecule has 2 aliphatic carbocycles. The second kappa shape index (κ2) is 4.12. The van der Waals surface area contributed by atoms with Crippen molar-refractivity contribution in [3.63, 3.8) is 0 Å². The van der Waals surface area contributed by atoms with Crippen molar-refractivity contribution >= 4 is 5.91 Å². The molecule has 15 heavy (non-hydrogen) atoms. The van der Waals surface area contributed by atoms with E-state index in [1.54, 1.807) is 0 Å². The van der Waals surface area contributed by atoms with E-state index in [9.17, 15) is 4.79 Å². The summed E-state index contributed by atoms with van der Waals surface area (Å²) in [6, 6.07) is 0. The molecule has 3 nitrogen and oxygen atoms in total. The van der Waals surface area contributed by atoms with Gasteiger partial charge in [0.15, 0.2) is 0 Å². The van der Waals surface area contributed by atoms with E-state index in [-0.39, 0.29) is 5.41 Å². The summed E-state index contributed by atoms with van der Waals surface area (Å²) in [7, 11) is 1.93. The van der Waals surface area contributed by atoms with E-state index < -0.39 is 0 Å². The zero-order chi connectivity index (χ0) is 10.9. The van der Waals surface area contributed by atoms with Gasteiger partial charge in [-0.3, -0.25) is 4.79 Å². The van der Waals surface area contributed by atoms with Crippen molar-refractivity contribution in [2.24, 2.45) is 17.1 Å². The van der Waals surface area contributed by atoms with Crippen LogP contribution in [0.2, 0.25) is 0 Å². The summed E-state index contributed by atoms with van der Waals surface area (Å²) in [5.41, 5.74) is 5.92. The average Bonchev–Trinajstić information content (AvgIpc) is 2.94. The third-order valence-corrected chi connectivity index (χ3v) is 4.03. The monoisotopic (exact) mass is 210 g/mol. The van der Waals surface area contributed by atoms with E-state index in [4.69, 9.17) is 5.73 Å². The van der Waals surface area contributed by atoms with Crippen LogP contribution >= 0.6 is 0 Å². The van der Waals surface area contributed by atoms with E-state index in [0.717, 1.165) is 25.3 Å². The molecule has 2 fully saturated rings. The summed E-state index contributed by atoms with van der Waals surface area (Å²) in [5.74, 6) is 1.08. The number of hydrogen-bond acceptors (Lipinski definition) is 2. The molecular formula is C12H22N2O. The molecule has 0 aromatic rings. The Morgan fingerprint density at radius 1 is 1.47 bits per heavy atom. The van der Waals surface area contributed by atoms with E-state index in [1.807, 2.05) is 11.9 Å². The fourth-order valence-electron chi connectivity index (χ4n) is 2.38. The van der Waals surface area contributed by atoms with Gasteiger partial charge in [-0.2, -0.15) is 0 Å². The third kappa shape index (κ3) is 2.51. The van der Waals surface area contributed by atoms with Gasteiger partial charge in [-0.15, -0.1) is 0 Å². The lowest BCUT2D eigenvalue weighted by molar-refractivity contribution is -0.134. The zero-order valence-corrected chi connectivity index (χ0v) is 9.67. The molecule has 0 bridgehead atoms. The van der Waals surface area contributed by atoms with Gasteiger partial charge in [0.1, 0.15) is 0 Å². The van der Waals surface area contributed by atoms with Gasteiger partial charge in [0.2, 0.25) is 5.91 Å². The van der Waals surface area contributed by atoms with E-state index >= 15 is 0 Å². The topological polar surface area (TPSA) is 46.3 Å². The molecule has 0 heterocycles. The van der Waals surface area contributed by atoms with Crippen LogP contribution in [-0.4, -0.2) is 30.9 Å². The van der Waals surface area contributed by atoms with E-state index in [1.165, 1.54) is 19.3 Å². The molecule has 2 aliphatic rings. The van der Waals surface area contributed by atoms with Gasteiger partial charge >= 0.3 is 0 Å². The lowest BCUT2D eigenvalue weighted by Gasteiger charge is -2.41. The van der Waals surface area contributed by atoms with Crippen LogP contribution in [0.3, 0.4) is 0 Å². The number of nitrogens with two attached hydrogens (primary N) is 1.